The second-order valence-corrected chi connectivity index (χ2v) is 10.0. The number of rotatable bonds is 6. The lowest BCUT2D eigenvalue weighted by atomic mass is 9.98. The van der Waals surface area contributed by atoms with E-state index in [1.165, 1.54) is 0 Å². The molecule has 1 saturated heterocycles. The topological polar surface area (TPSA) is 99.9 Å². The average molecular weight is 482 g/mol. The van der Waals surface area contributed by atoms with E-state index in [1.807, 2.05) is 31.2 Å². The van der Waals surface area contributed by atoms with Gasteiger partial charge in [0.1, 0.15) is 16.8 Å². The highest BCUT2D eigenvalue weighted by Crippen LogP contribution is 2.34. The van der Waals surface area contributed by atoms with Gasteiger partial charge in [0.05, 0.1) is 28.9 Å². The van der Waals surface area contributed by atoms with Gasteiger partial charge in [0.25, 0.3) is 0 Å². The van der Waals surface area contributed by atoms with Gasteiger partial charge in [-0.2, -0.15) is 10.1 Å². The van der Waals surface area contributed by atoms with Gasteiger partial charge >= 0.3 is 0 Å². The number of fused-ring (bicyclic) bond motifs is 1. The van der Waals surface area contributed by atoms with E-state index in [1.54, 1.807) is 42.3 Å². The predicted molar refractivity (Wildman–Crippen MR) is 134 cm³/mol. The molecule has 3 aromatic heterocycles. The fourth-order valence-corrected chi connectivity index (χ4v) is 5.08. The van der Waals surface area contributed by atoms with Gasteiger partial charge in [0.2, 0.25) is 5.95 Å². The van der Waals surface area contributed by atoms with E-state index >= 15 is 0 Å². The van der Waals surface area contributed by atoms with Crippen LogP contribution in [-0.4, -0.2) is 44.1 Å². The molecule has 34 heavy (non-hydrogen) atoms. The molecule has 0 spiro atoms. The van der Waals surface area contributed by atoms with Crippen LogP contribution in [0.15, 0.2) is 42.0 Å². The van der Waals surface area contributed by atoms with E-state index in [-0.39, 0.29) is 6.04 Å². The molecule has 4 N–H and O–H groups in total. The maximum absolute atomic E-state index is 14.3. The Morgan fingerprint density at radius 3 is 2.88 bits per heavy atom. The number of hydrogen-bond acceptors (Lipinski definition) is 8. The van der Waals surface area contributed by atoms with Crippen LogP contribution in [0.5, 0.6) is 0 Å². The fraction of sp³-hybridized carbons (Fsp3) is 0.375. The van der Waals surface area contributed by atoms with Crippen molar-refractivity contribution in [2.45, 2.75) is 45.0 Å². The smallest absolute Gasteiger partial charge is 0.230 e. The standard InChI is InChI=1S/C24H28FN7OS/c1-14-13-34-22-20(14)21(28-16-6-4-5-15(9-16)24(2,3)33)30-23(31-22)29-17-10-27-32(12-17)19-7-8-26-11-18(19)25/h4-6,9-10,12-13,18-19,26,33H,7-8,11H2,1-3H3,(H2,28,29,30,31)/t18-,19+/m0/s1. The monoisotopic (exact) mass is 481 g/mol. The highest BCUT2D eigenvalue weighted by atomic mass is 32.1. The minimum Gasteiger partial charge on any atom is -0.386 e. The Labute approximate surface area is 201 Å². The summed E-state index contributed by atoms with van der Waals surface area (Å²) in [5, 5.41) is 27.5. The third-order valence-electron chi connectivity index (χ3n) is 6.02. The highest BCUT2D eigenvalue weighted by molar-refractivity contribution is 7.17. The van der Waals surface area contributed by atoms with Crippen LogP contribution in [0.3, 0.4) is 0 Å². The lowest BCUT2D eigenvalue weighted by Crippen LogP contribution is -2.39. The lowest BCUT2D eigenvalue weighted by Gasteiger charge is -2.26. The molecule has 1 aliphatic heterocycles. The Kier molecular flexibility index (Phi) is 5.97. The largest absolute Gasteiger partial charge is 0.386 e. The first-order valence-corrected chi connectivity index (χ1v) is 12.2. The van der Waals surface area contributed by atoms with Crippen molar-refractivity contribution in [2.75, 3.05) is 23.7 Å². The molecule has 0 amide bonds. The van der Waals surface area contributed by atoms with Crippen molar-refractivity contribution in [2.24, 2.45) is 0 Å². The van der Waals surface area contributed by atoms with Gasteiger partial charge in [-0.1, -0.05) is 12.1 Å². The number of piperidine rings is 1. The Morgan fingerprint density at radius 2 is 2.09 bits per heavy atom. The third kappa shape index (κ3) is 4.61. The zero-order valence-corrected chi connectivity index (χ0v) is 20.2. The second kappa shape index (κ2) is 8.94. The zero-order chi connectivity index (χ0) is 23.9. The van der Waals surface area contributed by atoms with Gasteiger partial charge in [0.15, 0.2) is 0 Å². The Bertz CT molecular complexity index is 1310. The molecule has 2 atom stereocenters. The van der Waals surface area contributed by atoms with Gasteiger partial charge in [-0.05, 0) is 62.4 Å². The van der Waals surface area contributed by atoms with Crippen LogP contribution in [-0.2, 0) is 5.60 Å². The summed E-state index contributed by atoms with van der Waals surface area (Å²) in [5.41, 5.74) is 2.47. The van der Waals surface area contributed by atoms with Crippen LogP contribution < -0.4 is 16.0 Å². The molecular formula is C24H28FN7OS. The van der Waals surface area contributed by atoms with Crippen LogP contribution >= 0.6 is 11.3 Å². The summed E-state index contributed by atoms with van der Waals surface area (Å²) in [6.45, 7) is 6.66. The van der Waals surface area contributed by atoms with E-state index in [4.69, 9.17) is 4.98 Å². The van der Waals surface area contributed by atoms with Crippen LogP contribution in [0.1, 0.15) is 37.4 Å². The van der Waals surface area contributed by atoms with Gasteiger partial charge in [-0.3, -0.25) is 4.68 Å². The number of thiophene rings is 1. The van der Waals surface area contributed by atoms with E-state index in [9.17, 15) is 9.50 Å². The number of halogens is 1. The summed E-state index contributed by atoms with van der Waals surface area (Å²) < 4.78 is 16.0. The molecule has 1 fully saturated rings. The van der Waals surface area contributed by atoms with Crippen LogP contribution in [0.2, 0.25) is 0 Å². The molecule has 0 aliphatic carbocycles. The molecule has 4 heterocycles. The number of alkyl halides is 1. The maximum Gasteiger partial charge on any atom is 0.230 e. The van der Waals surface area contributed by atoms with Crippen molar-refractivity contribution in [1.82, 2.24) is 25.1 Å². The van der Waals surface area contributed by atoms with E-state index in [0.29, 0.717) is 30.4 Å². The summed E-state index contributed by atoms with van der Waals surface area (Å²) in [7, 11) is 0. The number of aromatic nitrogens is 4. The number of aryl methyl sites for hydroxylation is 1. The first-order valence-electron chi connectivity index (χ1n) is 11.3. The lowest BCUT2D eigenvalue weighted by molar-refractivity contribution is 0.0786. The molecule has 1 aromatic carbocycles. The van der Waals surface area contributed by atoms with Crippen LogP contribution in [0.4, 0.5) is 27.5 Å². The van der Waals surface area contributed by atoms with E-state index < -0.39 is 11.8 Å². The van der Waals surface area contributed by atoms with Crippen molar-refractivity contribution in [3.05, 3.63) is 53.2 Å². The Hall–Kier alpha value is -3.08. The molecule has 5 rings (SSSR count). The van der Waals surface area contributed by atoms with Gasteiger partial charge in [-0.25, -0.2) is 9.37 Å². The number of benzene rings is 1. The van der Waals surface area contributed by atoms with Crippen molar-refractivity contribution in [3.63, 3.8) is 0 Å². The Balaban J connectivity index is 1.44. The summed E-state index contributed by atoms with van der Waals surface area (Å²) in [4.78, 5) is 10.3. The summed E-state index contributed by atoms with van der Waals surface area (Å²) in [5.74, 6) is 1.10. The average Bonchev–Trinajstić information content (AvgIpc) is 3.40. The number of hydrogen-bond donors (Lipinski definition) is 4. The van der Waals surface area contributed by atoms with Gasteiger partial charge in [-0.15, -0.1) is 11.3 Å². The third-order valence-corrected chi connectivity index (χ3v) is 7.01. The van der Waals surface area contributed by atoms with Crippen molar-refractivity contribution in [3.8, 4) is 0 Å². The number of aliphatic hydroxyl groups is 1. The first kappa shape index (κ1) is 22.7. The van der Waals surface area contributed by atoms with Gasteiger partial charge in [0, 0.05) is 18.4 Å². The molecule has 10 heteroatoms. The minimum absolute atomic E-state index is 0.277. The maximum atomic E-state index is 14.3. The van der Waals surface area contributed by atoms with E-state index in [2.05, 4.69) is 31.4 Å². The van der Waals surface area contributed by atoms with Crippen molar-refractivity contribution in [1.29, 1.82) is 0 Å². The minimum atomic E-state index is -0.973. The fourth-order valence-electron chi connectivity index (χ4n) is 4.16. The molecule has 1 aliphatic rings. The zero-order valence-electron chi connectivity index (χ0n) is 19.3. The normalized spacial score (nSPS) is 18.9. The van der Waals surface area contributed by atoms with Crippen LogP contribution in [0.25, 0.3) is 10.2 Å². The number of anilines is 4. The van der Waals surface area contributed by atoms with Crippen molar-refractivity contribution >= 4 is 44.7 Å². The molecular weight excluding hydrogens is 453 g/mol. The van der Waals surface area contributed by atoms with Crippen LogP contribution in [0, 0.1) is 6.92 Å². The molecule has 8 nitrogen and oxygen atoms in total. The van der Waals surface area contributed by atoms with Crippen molar-refractivity contribution < 1.29 is 9.50 Å². The predicted octanol–water partition coefficient (Wildman–Crippen LogP) is 4.78. The summed E-state index contributed by atoms with van der Waals surface area (Å²) in [6.07, 6.45) is 3.19. The molecule has 178 valence electrons. The molecule has 0 saturated carbocycles. The summed E-state index contributed by atoms with van der Waals surface area (Å²) in [6, 6.07) is 7.38. The SMILES string of the molecule is Cc1csc2nc(Nc3cnn([C@@H]4CCNC[C@@H]4F)c3)nc(Nc3cccc(C(C)(C)O)c3)c12. The quantitative estimate of drug-likeness (QED) is 0.314. The molecule has 0 unspecified atom stereocenters. The molecule has 0 radical (unpaired) electrons. The number of nitrogens with zero attached hydrogens (tertiary/aromatic N) is 4. The first-order chi connectivity index (χ1) is 16.3. The second-order valence-electron chi connectivity index (χ2n) is 9.17. The Morgan fingerprint density at radius 1 is 1.24 bits per heavy atom. The number of nitrogens with one attached hydrogen (secondary N) is 3. The molecule has 4 aromatic rings. The highest BCUT2D eigenvalue weighted by Gasteiger charge is 2.27. The molecule has 0 bridgehead atoms. The van der Waals surface area contributed by atoms with E-state index in [0.717, 1.165) is 33.6 Å². The summed E-state index contributed by atoms with van der Waals surface area (Å²) >= 11 is 1.55. The van der Waals surface area contributed by atoms with Gasteiger partial charge < -0.3 is 21.1 Å².